The molecule has 0 saturated carbocycles. The third-order valence-corrected chi connectivity index (χ3v) is 5.48. The summed E-state index contributed by atoms with van der Waals surface area (Å²) in [5, 5.41) is 0. The second-order valence-electron chi connectivity index (χ2n) is 6.07. The van der Waals surface area contributed by atoms with Gasteiger partial charge in [-0.1, -0.05) is 19.1 Å². The van der Waals surface area contributed by atoms with Gasteiger partial charge in [0.1, 0.15) is 0 Å². The van der Waals surface area contributed by atoms with E-state index in [0.29, 0.717) is 19.1 Å². The highest BCUT2D eigenvalue weighted by atomic mass is 32.2. The van der Waals surface area contributed by atoms with Gasteiger partial charge in [0.25, 0.3) is 5.91 Å². The van der Waals surface area contributed by atoms with Crippen LogP contribution in [0.15, 0.2) is 24.3 Å². The first-order valence-corrected chi connectivity index (χ1v) is 9.62. The molecule has 2 fully saturated rings. The molecule has 2 aliphatic rings. The van der Waals surface area contributed by atoms with Gasteiger partial charge in [-0.15, -0.1) is 0 Å². The number of hydrogen-bond acceptors (Lipinski definition) is 4. The number of carbonyl (C=O) groups excluding carboxylic acids is 1. The summed E-state index contributed by atoms with van der Waals surface area (Å²) in [5.74, 6) is 2.70. The van der Waals surface area contributed by atoms with Crippen LogP contribution in [-0.4, -0.2) is 49.2 Å². The number of piperidine rings is 1. The summed E-state index contributed by atoms with van der Waals surface area (Å²) in [4.78, 5) is 14.6. The maximum absolute atomic E-state index is 12.6. The zero-order valence-electron chi connectivity index (χ0n) is 13.7. The summed E-state index contributed by atoms with van der Waals surface area (Å²) in [7, 11) is 0. The van der Waals surface area contributed by atoms with Crippen molar-refractivity contribution in [3.63, 3.8) is 0 Å². The van der Waals surface area contributed by atoms with E-state index in [1.165, 1.54) is 5.56 Å². The fourth-order valence-electron chi connectivity index (χ4n) is 3.17. The molecular formula is C18H25NO3S. The molecule has 0 spiro atoms. The third kappa shape index (κ3) is 4.28. The van der Waals surface area contributed by atoms with Gasteiger partial charge in [0.05, 0.1) is 13.2 Å². The zero-order valence-corrected chi connectivity index (χ0v) is 14.5. The van der Waals surface area contributed by atoms with Crippen molar-refractivity contribution < 1.29 is 14.3 Å². The summed E-state index contributed by atoms with van der Waals surface area (Å²) in [5.41, 5.74) is 2.07. The minimum absolute atomic E-state index is 0.0531. The van der Waals surface area contributed by atoms with E-state index in [2.05, 4.69) is 19.1 Å². The van der Waals surface area contributed by atoms with Crippen LogP contribution in [-0.2, 0) is 15.2 Å². The molecule has 126 valence electrons. The quantitative estimate of drug-likeness (QED) is 0.828. The number of likely N-dealkylation sites (tertiary alicyclic amines) is 1. The molecule has 1 amide bonds. The number of benzene rings is 1. The van der Waals surface area contributed by atoms with E-state index in [9.17, 15) is 4.79 Å². The van der Waals surface area contributed by atoms with Crippen LogP contribution in [0, 0.1) is 5.92 Å². The van der Waals surface area contributed by atoms with Crippen LogP contribution in [0.2, 0.25) is 0 Å². The van der Waals surface area contributed by atoms with E-state index in [-0.39, 0.29) is 12.2 Å². The smallest absolute Gasteiger partial charge is 0.253 e. The Kier molecular flexibility index (Phi) is 5.97. The Morgan fingerprint density at radius 2 is 1.83 bits per heavy atom. The highest BCUT2D eigenvalue weighted by Crippen LogP contribution is 2.26. The van der Waals surface area contributed by atoms with Gasteiger partial charge in [0.2, 0.25) is 0 Å². The number of nitrogens with zero attached hydrogens (tertiary/aromatic N) is 1. The van der Waals surface area contributed by atoms with Crippen molar-refractivity contribution in [2.24, 2.45) is 5.92 Å². The second kappa shape index (κ2) is 8.18. The van der Waals surface area contributed by atoms with Gasteiger partial charge < -0.3 is 14.4 Å². The maximum atomic E-state index is 12.6. The van der Waals surface area contributed by atoms with Crippen molar-refractivity contribution in [3.8, 4) is 0 Å². The number of amides is 1. The van der Waals surface area contributed by atoms with Crippen LogP contribution in [0.5, 0.6) is 0 Å². The molecule has 5 heteroatoms. The van der Waals surface area contributed by atoms with E-state index in [0.717, 1.165) is 43.0 Å². The van der Waals surface area contributed by atoms with Crippen molar-refractivity contribution >= 4 is 17.7 Å². The first-order chi connectivity index (χ1) is 11.3. The standard InChI is InChI=1S/C18H25NO3S/c1-2-23-13-14-3-5-15(6-4-14)17(20)19-9-7-16(8-10-19)18-21-11-12-22-18/h3-6,16,18H,2,7-13H2,1H3. The number of hydrogen-bond donors (Lipinski definition) is 0. The van der Waals surface area contributed by atoms with Crippen LogP contribution in [0.1, 0.15) is 35.7 Å². The van der Waals surface area contributed by atoms with Gasteiger partial charge in [0, 0.05) is 30.3 Å². The lowest BCUT2D eigenvalue weighted by atomic mass is 9.95. The fraction of sp³-hybridized carbons (Fsp3) is 0.611. The minimum atomic E-state index is -0.0531. The molecule has 0 aliphatic carbocycles. The first kappa shape index (κ1) is 16.8. The van der Waals surface area contributed by atoms with Crippen LogP contribution < -0.4 is 0 Å². The molecule has 2 aliphatic heterocycles. The topological polar surface area (TPSA) is 38.8 Å². The molecule has 0 aromatic heterocycles. The molecule has 23 heavy (non-hydrogen) atoms. The number of thioether (sulfide) groups is 1. The molecule has 3 rings (SSSR count). The SMILES string of the molecule is CCSCc1ccc(C(=O)N2CCC(C3OCCO3)CC2)cc1. The molecule has 2 saturated heterocycles. The Bertz CT molecular complexity index is 506. The molecule has 2 heterocycles. The van der Waals surface area contributed by atoms with Crippen molar-refractivity contribution in [1.82, 2.24) is 4.90 Å². The van der Waals surface area contributed by atoms with Crippen LogP contribution >= 0.6 is 11.8 Å². The maximum Gasteiger partial charge on any atom is 0.253 e. The minimum Gasteiger partial charge on any atom is -0.350 e. The Labute approximate surface area is 142 Å². The Hall–Kier alpha value is -1.04. The lowest BCUT2D eigenvalue weighted by molar-refractivity contribution is -0.0956. The molecule has 0 atom stereocenters. The lowest BCUT2D eigenvalue weighted by Gasteiger charge is -2.33. The molecule has 0 N–H and O–H groups in total. The van der Waals surface area contributed by atoms with E-state index in [1.807, 2.05) is 28.8 Å². The van der Waals surface area contributed by atoms with Gasteiger partial charge in [-0.05, 0) is 36.3 Å². The normalized spacial score (nSPS) is 20.1. The van der Waals surface area contributed by atoms with Crippen molar-refractivity contribution in [2.45, 2.75) is 31.8 Å². The predicted molar refractivity (Wildman–Crippen MR) is 92.6 cm³/mol. The summed E-state index contributed by atoms with van der Waals surface area (Å²) in [6.07, 6.45) is 1.87. The number of rotatable bonds is 5. The summed E-state index contributed by atoms with van der Waals surface area (Å²) < 4.78 is 11.2. The number of carbonyl (C=O) groups is 1. The monoisotopic (exact) mass is 335 g/mol. The Morgan fingerprint density at radius 3 is 2.43 bits per heavy atom. The third-order valence-electron chi connectivity index (χ3n) is 4.53. The van der Waals surface area contributed by atoms with Crippen molar-refractivity contribution in [3.05, 3.63) is 35.4 Å². The van der Waals surface area contributed by atoms with Gasteiger partial charge in [-0.2, -0.15) is 11.8 Å². The number of ether oxygens (including phenoxy) is 2. The van der Waals surface area contributed by atoms with E-state index in [4.69, 9.17) is 9.47 Å². The average Bonchev–Trinajstić information content (AvgIpc) is 3.14. The Morgan fingerprint density at radius 1 is 1.17 bits per heavy atom. The largest absolute Gasteiger partial charge is 0.350 e. The Balaban J connectivity index is 1.52. The fourth-order valence-corrected chi connectivity index (χ4v) is 3.80. The zero-order chi connectivity index (χ0) is 16.1. The lowest BCUT2D eigenvalue weighted by Crippen LogP contribution is -2.41. The van der Waals surface area contributed by atoms with Crippen LogP contribution in [0.3, 0.4) is 0 Å². The molecular weight excluding hydrogens is 310 g/mol. The molecule has 1 aromatic carbocycles. The van der Waals surface area contributed by atoms with Crippen molar-refractivity contribution in [1.29, 1.82) is 0 Å². The van der Waals surface area contributed by atoms with Crippen molar-refractivity contribution in [2.75, 3.05) is 32.1 Å². The van der Waals surface area contributed by atoms with E-state index < -0.39 is 0 Å². The second-order valence-corrected chi connectivity index (χ2v) is 7.35. The first-order valence-electron chi connectivity index (χ1n) is 8.47. The summed E-state index contributed by atoms with van der Waals surface area (Å²) in [6.45, 7) is 5.15. The van der Waals surface area contributed by atoms with Gasteiger partial charge in [-0.3, -0.25) is 4.79 Å². The molecule has 1 aromatic rings. The predicted octanol–water partition coefficient (Wildman–Crippen LogP) is 3.16. The van der Waals surface area contributed by atoms with Gasteiger partial charge in [0.15, 0.2) is 6.29 Å². The molecule has 0 unspecified atom stereocenters. The molecule has 4 nitrogen and oxygen atoms in total. The highest BCUT2D eigenvalue weighted by Gasteiger charge is 2.31. The molecule has 0 bridgehead atoms. The average molecular weight is 335 g/mol. The van der Waals surface area contributed by atoms with Gasteiger partial charge >= 0.3 is 0 Å². The van der Waals surface area contributed by atoms with E-state index in [1.54, 1.807) is 0 Å². The summed E-state index contributed by atoms with van der Waals surface area (Å²) >= 11 is 1.90. The van der Waals surface area contributed by atoms with Crippen LogP contribution in [0.25, 0.3) is 0 Å². The highest BCUT2D eigenvalue weighted by molar-refractivity contribution is 7.98. The van der Waals surface area contributed by atoms with E-state index >= 15 is 0 Å². The van der Waals surface area contributed by atoms with Crippen LogP contribution in [0.4, 0.5) is 0 Å². The summed E-state index contributed by atoms with van der Waals surface area (Å²) in [6, 6.07) is 8.07. The van der Waals surface area contributed by atoms with Gasteiger partial charge in [-0.25, -0.2) is 0 Å². The molecule has 0 radical (unpaired) electrons.